The van der Waals surface area contributed by atoms with Gasteiger partial charge in [0.15, 0.2) is 17.4 Å². The predicted octanol–water partition coefficient (Wildman–Crippen LogP) is 2.77. The van der Waals surface area contributed by atoms with E-state index in [-0.39, 0.29) is 28.9 Å². The van der Waals surface area contributed by atoms with Gasteiger partial charge in [0.25, 0.3) is 5.56 Å². The molecule has 0 saturated carbocycles. The first-order chi connectivity index (χ1) is 12.9. The summed E-state index contributed by atoms with van der Waals surface area (Å²) in [5.74, 6) is -1.75. The molecular formula is C20H20F2N2O3. The smallest absolute Gasteiger partial charge is 0.251 e. The molecule has 2 aromatic rings. The number of nitrogens with zero attached hydrogens (tertiary/aromatic N) is 2. The number of carbonyl (C=O) groups excluding carboxylic acids is 1. The van der Waals surface area contributed by atoms with Crippen LogP contribution in [0.15, 0.2) is 29.1 Å². The van der Waals surface area contributed by atoms with Gasteiger partial charge in [-0.2, -0.15) is 0 Å². The minimum atomic E-state index is -0.814. The number of pyridine rings is 1. The maximum Gasteiger partial charge on any atom is 0.251 e. The highest BCUT2D eigenvalue weighted by Gasteiger charge is 2.35. The van der Waals surface area contributed by atoms with Crippen LogP contribution in [-0.4, -0.2) is 35.6 Å². The monoisotopic (exact) mass is 374 g/mol. The van der Waals surface area contributed by atoms with E-state index in [0.29, 0.717) is 25.2 Å². The molecule has 27 heavy (non-hydrogen) atoms. The van der Waals surface area contributed by atoms with Gasteiger partial charge in [0.05, 0.1) is 7.11 Å². The molecule has 7 heteroatoms. The number of carbonyl (C=O) groups is 1. The highest BCUT2D eigenvalue weighted by molar-refractivity contribution is 5.73. The molecule has 2 aliphatic rings. The largest absolute Gasteiger partial charge is 0.491 e. The maximum atomic E-state index is 14.1. The van der Waals surface area contributed by atoms with Crippen LogP contribution in [0.25, 0.3) is 11.1 Å². The number of aromatic nitrogens is 1. The lowest BCUT2D eigenvalue weighted by atomic mass is 9.82. The highest BCUT2D eigenvalue weighted by Crippen LogP contribution is 2.37. The van der Waals surface area contributed by atoms with E-state index in [1.54, 1.807) is 11.5 Å². The Labute approximate surface area is 155 Å². The normalized spacial score (nSPS) is 21.0. The predicted molar refractivity (Wildman–Crippen MR) is 95.7 cm³/mol. The average molecular weight is 374 g/mol. The van der Waals surface area contributed by atoms with E-state index in [1.807, 2.05) is 11.0 Å². The van der Waals surface area contributed by atoms with Gasteiger partial charge in [-0.3, -0.25) is 9.59 Å². The number of ether oxygens (including phenoxy) is 1. The van der Waals surface area contributed by atoms with Gasteiger partial charge in [-0.15, -0.1) is 0 Å². The molecule has 2 atom stereocenters. The molecule has 2 bridgehead atoms. The third kappa shape index (κ3) is 3.01. The summed E-state index contributed by atoms with van der Waals surface area (Å²) in [5.41, 5.74) is 1.37. The molecule has 1 fully saturated rings. The summed E-state index contributed by atoms with van der Waals surface area (Å²) < 4.78 is 34.6. The fourth-order valence-electron chi connectivity index (χ4n) is 4.30. The van der Waals surface area contributed by atoms with Gasteiger partial charge in [-0.05, 0) is 41.7 Å². The van der Waals surface area contributed by atoms with Gasteiger partial charge in [-0.25, -0.2) is 8.78 Å². The second kappa shape index (κ2) is 6.48. The quantitative estimate of drug-likeness (QED) is 0.812. The number of amides is 1. The van der Waals surface area contributed by atoms with E-state index < -0.39 is 17.4 Å². The van der Waals surface area contributed by atoms with Crippen molar-refractivity contribution in [3.63, 3.8) is 0 Å². The second-order valence-corrected chi connectivity index (χ2v) is 7.31. The van der Waals surface area contributed by atoms with Crippen molar-refractivity contribution in [2.45, 2.75) is 25.8 Å². The summed E-state index contributed by atoms with van der Waals surface area (Å²) in [5, 5.41) is 0. The van der Waals surface area contributed by atoms with Crippen molar-refractivity contribution in [2.75, 3.05) is 20.2 Å². The molecule has 4 rings (SSSR count). The zero-order valence-corrected chi connectivity index (χ0v) is 15.2. The van der Waals surface area contributed by atoms with Crippen molar-refractivity contribution in [1.29, 1.82) is 0 Å². The number of piperidine rings is 1. The van der Waals surface area contributed by atoms with Crippen molar-refractivity contribution in [1.82, 2.24) is 9.47 Å². The van der Waals surface area contributed by atoms with Crippen LogP contribution < -0.4 is 10.3 Å². The van der Waals surface area contributed by atoms with Crippen molar-refractivity contribution >= 4 is 5.91 Å². The zero-order valence-electron chi connectivity index (χ0n) is 15.2. The third-order valence-corrected chi connectivity index (χ3v) is 5.54. The Hall–Kier alpha value is -2.70. The van der Waals surface area contributed by atoms with Crippen LogP contribution in [0.4, 0.5) is 8.78 Å². The van der Waals surface area contributed by atoms with E-state index in [9.17, 15) is 18.4 Å². The fourth-order valence-corrected chi connectivity index (χ4v) is 4.30. The maximum absolute atomic E-state index is 14.1. The molecule has 5 nitrogen and oxygen atoms in total. The summed E-state index contributed by atoms with van der Waals surface area (Å²) in [4.78, 5) is 26.3. The molecule has 0 aliphatic carbocycles. The number of benzene rings is 1. The van der Waals surface area contributed by atoms with Crippen LogP contribution in [-0.2, 0) is 11.3 Å². The minimum absolute atomic E-state index is 0.0240. The SMILES string of the molecule is COc1c(F)cc(-c2cc3n(c(=O)c2)C[C@H]2C[C@@H]3CN(C(C)=O)C2)cc1F. The molecule has 142 valence electrons. The molecule has 0 spiro atoms. The topological polar surface area (TPSA) is 51.5 Å². The molecule has 0 radical (unpaired) electrons. The van der Waals surface area contributed by atoms with E-state index in [4.69, 9.17) is 4.74 Å². The summed E-state index contributed by atoms with van der Waals surface area (Å²) in [6.07, 6.45) is 0.901. The first kappa shape index (κ1) is 17.7. The third-order valence-electron chi connectivity index (χ3n) is 5.54. The lowest BCUT2D eigenvalue weighted by molar-refractivity contribution is -0.131. The number of likely N-dealkylation sites (tertiary alicyclic amines) is 1. The molecule has 1 amide bonds. The molecule has 0 unspecified atom stereocenters. The Morgan fingerprint density at radius 3 is 2.37 bits per heavy atom. The lowest BCUT2D eigenvalue weighted by Gasteiger charge is -2.42. The molecule has 2 aliphatic heterocycles. The van der Waals surface area contributed by atoms with Gasteiger partial charge < -0.3 is 14.2 Å². The van der Waals surface area contributed by atoms with E-state index in [1.165, 1.54) is 25.3 Å². The molecule has 3 heterocycles. The number of rotatable bonds is 2. The van der Waals surface area contributed by atoms with Gasteiger partial charge in [-0.1, -0.05) is 0 Å². The van der Waals surface area contributed by atoms with Crippen molar-refractivity contribution < 1.29 is 18.3 Å². The summed E-state index contributed by atoms with van der Waals surface area (Å²) in [6.45, 7) is 3.32. The summed E-state index contributed by atoms with van der Waals surface area (Å²) in [7, 11) is 1.20. The standard InChI is InChI=1S/C20H20F2N2O3/c1-11(25)23-8-12-3-15(10-23)18-6-14(7-19(26)24(18)9-12)13-4-16(21)20(27-2)17(22)5-13/h4-7,12,15H,3,8-10H2,1-2H3/t12-,15+/m0/s1. The van der Waals surface area contributed by atoms with Crippen LogP contribution in [0, 0.1) is 17.6 Å². The fraction of sp³-hybridized carbons (Fsp3) is 0.400. The van der Waals surface area contributed by atoms with Gasteiger partial charge >= 0.3 is 0 Å². The van der Waals surface area contributed by atoms with Crippen LogP contribution in [0.1, 0.15) is 25.0 Å². The van der Waals surface area contributed by atoms with Crippen LogP contribution in [0.2, 0.25) is 0 Å². The van der Waals surface area contributed by atoms with Crippen LogP contribution in [0.5, 0.6) is 5.75 Å². The van der Waals surface area contributed by atoms with Crippen molar-refractivity contribution in [3.05, 3.63) is 51.9 Å². The van der Waals surface area contributed by atoms with Crippen molar-refractivity contribution in [3.8, 4) is 16.9 Å². The van der Waals surface area contributed by atoms with Gasteiger partial charge in [0.2, 0.25) is 5.91 Å². The minimum Gasteiger partial charge on any atom is -0.491 e. The Morgan fingerprint density at radius 2 is 1.74 bits per heavy atom. The first-order valence-electron chi connectivity index (χ1n) is 8.91. The second-order valence-electron chi connectivity index (χ2n) is 7.31. The Bertz CT molecular complexity index is 963. The van der Waals surface area contributed by atoms with E-state index in [0.717, 1.165) is 12.1 Å². The Kier molecular flexibility index (Phi) is 4.25. The molecule has 1 aromatic carbocycles. The van der Waals surface area contributed by atoms with Crippen LogP contribution >= 0.6 is 0 Å². The molecular weight excluding hydrogens is 354 g/mol. The van der Waals surface area contributed by atoms with E-state index >= 15 is 0 Å². The van der Waals surface area contributed by atoms with Gasteiger partial charge in [0.1, 0.15) is 0 Å². The number of halogens is 2. The molecule has 1 aromatic heterocycles. The first-order valence-corrected chi connectivity index (χ1v) is 8.91. The number of methoxy groups -OCH3 is 1. The number of fused-ring (bicyclic) bond motifs is 4. The Balaban J connectivity index is 1.79. The number of hydrogen-bond donors (Lipinski definition) is 0. The number of hydrogen-bond acceptors (Lipinski definition) is 3. The highest BCUT2D eigenvalue weighted by atomic mass is 19.1. The van der Waals surface area contributed by atoms with E-state index in [2.05, 4.69) is 0 Å². The van der Waals surface area contributed by atoms with Gasteiger partial charge in [0, 0.05) is 44.2 Å². The summed E-state index contributed by atoms with van der Waals surface area (Å²) in [6, 6.07) is 5.56. The van der Waals surface area contributed by atoms with Crippen LogP contribution in [0.3, 0.4) is 0 Å². The Morgan fingerprint density at radius 1 is 1.07 bits per heavy atom. The summed E-state index contributed by atoms with van der Waals surface area (Å²) >= 11 is 0. The molecule has 1 saturated heterocycles. The molecule has 0 N–H and O–H groups in total. The van der Waals surface area contributed by atoms with Crippen molar-refractivity contribution in [2.24, 2.45) is 5.92 Å². The zero-order chi connectivity index (χ0) is 19.3. The lowest BCUT2D eigenvalue weighted by Crippen LogP contribution is -2.48. The average Bonchev–Trinajstić information content (AvgIpc) is 2.62.